The molecule has 0 aromatic heterocycles. The van der Waals surface area contributed by atoms with E-state index in [1.54, 1.807) is 36.7 Å². The van der Waals surface area contributed by atoms with Crippen LogP contribution in [0, 0.1) is 0 Å². The molecule has 0 aliphatic rings. The molecule has 0 aliphatic carbocycles. The van der Waals surface area contributed by atoms with Crippen molar-refractivity contribution < 1.29 is 64.2 Å². The van der Waals surface area contributed by atoms with Crippen LogP contribution < -0.4 is 31.9 Å². The van der Waals surface area contributed by atoms with Crippen LogP contribution in [0.15, 0.2) is 58.5 Å². The minimum absolute atomic E-state index is 0. The molecule has 194 valence electrons. The van der Waals surface area contributed by atoms with Crippen LogP contribution >= 0.6 is 0 Å². The number of para-hydroxylation sites is 2. The van der Waals surface area contributed by atoms with Gasteiger partial charge in [0.2, 0.25) is 0 Å². The maximum Gasteiger partial charge on any atom is 2.00 e. The van der Waals surface area contributed by atoms with E-state index in [2.05, 4.69) is 9.98 Å². The largest absolute Gasteiger partial charge is 2.00 e. The fourth-order valence-electron chi connectivity index (χ4n) is 1.65. The predicted octanol–water partition coefficient (Wildman–Crippen LogP) is -2.22. The van der Waals surface area contributed by atoms with Crippen molar-refractivity contribution >= 4 is 24.4 Å². The first kappa shape index (κ1) is 38.5. The molecule has 2 radical (unpaired) electrons. The van der Waals surface area contributed by atoms with Gasteiger partial charge in [-0.2, -0.15) is 0 Å². The number of carbonyl (C=O) groups excluding carboxylic acids is 2. The number of benzene rings is 2. The summed E-state index contributed by atoms with van der Waals surface area (Å²) in [6.07, 6.45) is 3.13. The number of nitrogens with two attached hydrogens (primary N) is 2. The third-order valence-electron chi connectivity index (χ3n) is 2.82. The Morgan fingerprint density at radius 1 is 0.735 bits per heavy atom. The molecular formula is C22H28Cu2N4O6. The van der Waals surface area contributed by atoms with Crippen LogP contribution in [-0.2, 0) is 43.7 Å². The molecule has 0 bridgehead atoms. The Bertz CT molecular complexity index is 774. The van der Waals surface area contributed by atoms with E-state index in [1.807, 2.05) is 12.1 Å². The van der Waals surface area contributed by atoms with E-state index < -0.39 is 11.9 Å². The Balaban J connectivity index is -0.000000194. The average molecular weight is 572 g/mol. The van der Waals surface area contributed by atoms with Gasteiger partial charge in [0.1, 0.15) is 0 Å². The summed E-state index contributed by atoms with van der Waals surface area (Å²) in [7, 11) is 0. The molecule has 34 heavy (non-hydrogen) atoms. The number of carbonyl (C=O) groups is 2. The van der Waals surface area contributed by atoms with E-state index in [0.717, 1.165) is 13.8 Å². The first-order chi connectivity index (χ1) is 15.1. The average Bonchev–Trinajstić information content (AvgIpc) is 2.71. The quantitative estimate of drug-likeness (QED) is 0.286. The second-order valence-corrected chi connectivity index (χ2v) is 5.71. The predicted molar refractivity (Wildman–Crippen MR) is 116 cm³/mol. The van der Waals surface area contributed by atoms with Crippen molar-refractivity contribution in [3.63, 3.8) is 0 Å². The molecule has 0 saturated carbocycles. The number of hydrogen-bond acceptors (Lipinski definition) is 10. The van der Waals surface area contributed by atoms with Gasteiger partial charge in [0.25, 0.3) is 0 Å². The third-order valence-corrected chi connectivity index (χ3v) is 2.82. The van der Waals surface area contributed by atoms with Crippen LogP contribution in [-0.4, -0.2) is 50.5 Å². The van der Waals surface area contributed by atoms with Crippen LogP contribution in [0.5, 0.6) is 11.5 Å². The molecule has 2 aromatic rings. The number of nitrogens with zero attached hydrogens (tertiary/aromatic N) is 2. The summed E-state index contributed by atoms with van der Waals surface area (Å²) < 4.78 is 0. The molecule has 0 atom stereocenters. The monoisotopic (exact) mass is 570 g/mol. The van der Waals surface area contributed by atoms with Gasteiger partial charge in [-0.1, -0.05) is 48.5 Å². The van der Waals surface area contributed by atoms with Crippen molar-refractivity contribution in [1.82, 2.24) is 0 Å². The Hall–Kier alpha value is -2.72. The van der Waals surface area contributed by atoms with Gasteiger partial charge in [-0.05, 0) is 25.0 Å². The van der Waals surface area contributed by atoms with Gasteiger partial charge in [-0.25, -0.2) is 0 Å². The summed E-state index contributed by atoms with van der Waals surface area (Å²) in [4.78, 5) is 25.7. The zero-order valence-corrected chi connectivity index (χ0v) is 20.6. The van der Waals surface area contributed by atoms with Crippen molar-refractivity contribution in [3.05, 3.63) is 59.7 Å². The Labute approximate surface area is 220 Å². The molecule has 0 heterocycles. The van der Waals surface area contributed by atoms with Gasteiger partial charge in [0.15, 0.2) is 0 Å². The first-order valence-electron chi connectivity index (χ1n) is 9.42. The molecule has 0 unspecified atom stereocenters. The number of rotatable bonds is 6. The third kappa shape index (κ3) is 27.3. The van der Waals surface area contributed by atoms with Crippen LogP contribution in [0.2, 0.25) is 0 Å². The Morgan fingerprint density at radius 3 is 1.24 bits per heavy atom. The standard InChI is InChI=1S/2C9H12N2O.2C2H4O2.2Cu/c2*10-5-6-11-7-8-3-1-2-4-9(8)12;2*1-2(3)4;;/h2*1-4,7,12H,5-6,10H2;2*1H3,(H,3,4);;/q;;;;2*+2/p-4. The fraction of sp³-hybridized carbons (Fsp3) is 0.273. The normalized spacial score (nSPS) is 9.06. The van der Waals surface area contributed by atoms with E-state index in [1.165, 1.54) is 12.1 Å². The maximum atomic E-state index is 11.1. The van der Waals surface area contributed by atoms with E-state index in [0.29, 0.717) is 37.3 Å². The molecule has 4 N–H and O–H groups in total. The molecule has 10 nitrogen and oxygen atoms in total. The summed E-state index contributed by atoms with van der Waals surface area (Å²) in [5.41, 5.74) is 11.7. The van der Waals surface area contributed by atoms with Crippen LogP contribution in [0.25, 0.3) is 0 Å². The Kier molecular flexibility index (Phi) is 30.1. The van der Waals surface area contributed by atoms with Gasteiger partial charge in [0, 0.05) is 37.5 Å². The topological polar surface area (TPSA) is 203 Å². The maximum absolute atomic E-state index is 11.1. The second-order valence-electron chi connectivity index (χ2n) is 5.71. The van der Waals surface area contributed by atoms with Gasteiger partial charge in [-0.3, -0.25) is 9.98 Å². The van der Waals surface area contributed by atoms with Gasteiger partial charge >= 0.3 is 34.1 Å². The summed E-state index contributed by atoms with van der Waals surface area (Å²) in [5, 5.41) is 40.0. The molecule has 0 fully saturated rings. The molecule has 0 spiro atoms. The Morgan fingerprint density at radius 2 is 1.00 bits per heavy atom. The minimum atomic E-state index is -1.08. The summed E-state index contributed by atoms with van der Waals surface area (Å²) in [5.74, 6) is -2.17. The molecule has 2 rings (SSSR count). The summed E-state index contributed by atoms with van der Waals surface area (Å²) >= 11 is 0. The molecule has 2 aromatic carbocycles. The van der Waals surface area contributed by atoms with Gasteiger partial charge in [-0.15, -0.1) is 11.5 Å². The minimum Gasteiger partial charge on any atom is -0.872 e. The molecule has 12 heteroatoms. The van der Waals surface area contributed by atoms with Crippen molar-refractivity contribution in [2.45, 2.75) is 13.8 Å². The van der Waals surface area contributed by atoms with Gasteiger partial charge in [0.05, 0.1) is 13.1 Å². The molecule has 0 saturated heterocycles. The number of aliphatic imine (C=N–C) groups is 2. The van der Waals surface area contributed by atoms with Crippen molar-refractivity contribution in [2.24, 2.45) is 21.5 Å². The van der Waals surface area contributed by atoms with Crippen molar-refractivity contribution in [1.29, 1.82) is 0 Å². The SMILES string of the molecule is CC(=O)[O-].CC(=O)[O-].NCCN=Cc1ccccc1[O-].NCCN=Cc1ccccc1[O-].[Cu+2].[Cu+2]. The van der Waals surface area contributed by atoms with Gasteiger partial charge < -0.3 is 41.5 Å². The van der Waals surface area contributed by atoms with Crippen molar-refractivity contribution in [3.8, 4) is 11.5 Å². The zero-order valence-electron chi connectivity index (χ0n) is 18.7. The fourth-order valence-corrected chi connectivity index (χ4v) is 1.65. The number of hydrogen-bond donors (Lipinski definition) is 2. The first-order valence-corrected chi connectivity index (χ1v) is 9.42. The van der Waals surface area contributed by atoms with Crippen LogP contribution in [0.1, 0.15) is 25.0 Å². The smallest absolute Gasteiger partial charge is 0.872 e. The van der Waals surface area contributed by atoms with E-state index in [-0.39, 0.29) is 45.6 Å². The van der Waals surface area contributed by atoms with Crippen molar-refractivity contribution in [2.75, 3.05) is 26.2 Å². The molecule has 0 aliphatic heterocycles. The second kappa shape index (κ2) is 26.5. The summed E-state index contributed by atoms with van der Waals surface area (Å²) in [6, 6.07) is 13.6. The number of aliphatic carboxylic acids is 2. The number of carboxylic acids is 2. The van der Waals surface area contributed by atoms with E-state index >= 15 is 0 Å². The van der Waals surface area contributed by atoms with E-state index in [9.17, 15) is 10.2 Å². The van der Waals surface area contributed by atoms with E-state index in [4.69, 9.17) is 31.3 Å². The van der Waals surface area contributed by atoms with Crippen LogP contribution in [0.3, 0.4) is 0 Å². The zero-order chi connectivity index (χ0) is 24.8. The number of carboxylic acid groups (broad SMARTS) is 2. The summed E-state index contributed by atoms with van der Waals surface area (Å²) in [6.45, 7) is 4.09. The molecular weight excluding hydrogens is 543 g/mol. The molecule has 0 amide bonds. The van der Waals surface area contributed by atoms with Crippen LogP contribution in [0.4, 0.5) is 0 Å².